The molecular weight excluding hydrogens is 250 g/mol. The van der Waals surface area contributed by atoms with E-state index in [0.717, 1.165) is 29.8 Å². The summed E-state index contributed by atoms with van der Waals surface area (Å²) in [6.07, 6.45) is 3.11. The van der Waals surface area contributed by atoms with Crippen LogP contribution in [0.5, 0.6) is 0 Å². The number of likely N-dealkylation sites (tertiary alicyclic amines) is 1. The van der Waals surface area contributed by atoms with Gasteiger partial charge in [-0.05, 0) is 51.3 Å². The van der Waals surface area contributed by atoms with Gasteiger partial charge in [-0.15, -0.1) is 0 Å². The summed E-state index contributed by atoms with van der Waals surface area (Å²) >= 11 is 0. The zero-order valence-corrected chi connectivity index (χ0v) is 12.5. The molecule has 1 fully saturated rings. The van der Waals surface area contributed by atoms with Crippen LogP contribution in [0.2, 0.25) is 0 Å². The van der Waals surface area contributed by atoms with E-state index in [1.165, 1.54) is 13.0 Å². The fourth-order valence-electron chi connectivity index (χ4n) is 3.05. The van der Waals surface area contributed by atoms with E-state index in [0.29, 0.717) is 17.9 Å². The van der Waals surface area contributed by atoms with E-state index < -0.39 is 0 Å². The molecule has 0 saturated carbocycles. The van der Waals surface area contributed by atoms with Crippen LogP contribution in [0.4, 0.5) is 5.95 Å². The smallest absolute Gasteiger partial charge is 0.202 e. The first-order chi connectivity index (χ1) is 9.54. The Morgan fingerprint density at radius 3 is 2.95 bits per heavy atom. The Labute approximate surface area is 119 Å². The molecule has 1 unspecified atom stereocenters. The molecular formula is C15H23N5. The molecule has 0 spiro atoms. The monoisotopic (exact) mass is 273 g/mol. The third kappa shape index (κ3) is 2.38. The Bertz CT molecular complexity index is 616. The highest BCUT2D eigenvalue weighted by Gasteiger charge is 2.25. The van der Waals surface area contributed by atoms with E-state index >= 15 is 0 Å². The number of fused-ring (bicyclic) bond motifs is 1. The van der Waals surface area contributed by atoms with Gasteiger partial charge in [-0.1, -0.05) is 0 Å². The number of aryl methyl sites for hydroxylation is 1. The highest BCUT2D eigenvalue weighted by molar-refractivity contribution is 5.74. The minimum atomic E-state index is 0.584. The van der Waals surface area contributed by atoms with Crippen molar-refractivity contribution < 1.29 is 0 Å². The molecule has 0 bridgehead atoms. The third-order valence-corrected chi connectivity index (χ3v) is 4.24. The number of rotatable bonds is 3. The van der Waals surface area contributed by atoms with E-state index in [2.05, 4.69) is 33.3 Å². The van der Waals surface area contributed by atoms with Gasteiger partial charge >= 0.3 is 0 Å². The van der Waals surface area contributed by atoms with Gasteiger partial charge in [0.15, 0.2) is 5.65 Å². The van der Waals surface area contributed by atoms with Crippen LogP contribution < -0.4 is 5.73 Å². The lowest BCUT2D eigenvalue weighted by atomic mass is 10.1. The number of imidazole rings is 1. The molecule has 3 heterocycles. The lowest BCUT2D eigenvalue weighted by Crippen LogP contribution is -2.28. The van der Waals surface area contributed by atoms with Gasteiger partial charge in [0.2, 0.25) is 5.95 Å². The van der Waals surface area contributed by atoms with Crippen molar-refractivity contribution in [3.05, 3.63) is 17.8 Å². The second-order valence-electron chi connectivity index (χ2n) is 6.18. The summed E-state index contributed by atoms with van der Waals surface area (Å²) in [7, 11) is 0. The van der Waals surface area contributed by atoms with Crippen molar-refractivity contribution in [3.63, 3.8) is 0 Å². The van der Waals surface area contributed by atoms with Gasteiger partial charge in [0.25, 0.3) is 0 Å². The van der Waals surface area contributed by atoms with Crippen molar-refractivity contribution in [2.75, 3.05) is 18.8 Å². The van der Waals surface area contributed by atoms with Gasteiger partial charge in [0, 0.05) is 25.3 Å². The van der Waals surface area contributed by atoms with Crippen LogP contribution in [-0.2, 0) is 6.54 Å². The molecule has 5 nitrogen and oxygen atoms in total. The molecule has 0 amide bonds. The standard InChI is InChI=1S/C15H23N5/c1-10(2)19-5-4-12(8-19)9-20-14-13(18-15(20)16)6-11(3)7-17-14/h6-7,10,12H,4-5,8-9H2,1-3H3,(H2,16,18). The maximum absolute atomic E-state index is 6.07. The van der Waals surface area contributed by atoms with Crippen LogP contribution in [0.15, 0.2) is 12.3 Å². The summed E-state index contributed by atoms with van der Waals surface area (Å²) in [6.45, 7) is 9.78. The van der Waals surface area contributed by atoms with E-state index in [1.54, 1.807) is 0 Å². The molecule has 1 saturated heterocycles. The molecule has 1 aliphatic rings. The molecule has 2 aromatic rings. The van der Waals surface area contributed by atoms with E-state index in [9.17, 15) is 0 Å². The molecule has 5 heteroatoms. The Balaban J connectivity index is 1.83. The van der Waals surface area contributed by atoms with Gasteiger partial charge in [-0.2, -0.15) is 0 Å². The van der Waals surface area contributed by atoms with Crippen LogP contribution in [0.3, 0.4) is 0 Å². The summed E-state index contributed by atoms with van der Waals surface area (Å²) in [5, 5.41) is 0. The van der Waals surface area contributed by atoms with Gasteiger partial charge in [-0.3, -0.25) is 4.57 Å². The summed E-state index contributed by atoms with van der Waals surface area (Å²) in [5.74, 6) is 1.22. The average Bonchev–Trinajstić information content (AvgIpc) is 2.96. The molecule has 20 heavy (non-hydrogen) atoms. The topological polar surface area (TPSA) is 60.0 Å². The van der Waals surface area contributed by atoms with Crippen LogP contribution in [0.25, 0.3) is 11.2 Å². The van der Waals surface area contributed by atoms with Crippen LogP contribution in [0, 0.1) is 12.8 Å². The molecule has 0 radical (unpaired) electrons. The summed E-state index contributed by atoms with van der Waals surface area (Å²) in [4.78, 5) is 11.5. The Morgan fingerprint density at radius 2 is 2.25 bits per heavy atom. The maximum Gasteiger partial charge on any atom is 0.202 e. The highest BCUT2D eigenvalue weighted by Crippen LogP contribution is 2.24. The average molecular weight is 273 g/mol. The van der Waals surface area contributed by atoms with Crippen LogP contribution in [0.1, 0.15) is 25.8 Å². The number of pyridine rings is 1. The lowest BCUT2D eigenvalue weighted by Gasteiger charge is -2.20. The lowest BCUT2D eigenvalue weighted by molar-refractivity contribution is 0.261. The van der Waals surface area contributed by atoms with Gasteiger partial charge < -0.3 is 10.6 Å². The Kier molecular flexibility index (Phi) is 3.38. The number of nitrogens with zero attached hydrogens (tertiary/aromatic N) is 4. The molecule has 1 aliphatic heterocycles. The third-order valence-electron chi connectivity index (χ3n) is 4.24. The quantitative estimate of drug-likeness (QED) is 0.930. The second-order valence-corrected chi connectivity index (χ2v) is 6.18. The first-order valence-corrected chi connectivity index (χ1v) is 7.37. The molecule has 108 valence electrons. The highest BCUT2D eigenvalue weighted by atomic mass is 15.2. The number of hydrogen-bond acceptors (Lipinski definition) is 4. The summed E-state index contributed by atoms with van der Waals surface area (Å²) < 4.78 is 2.07. The van der Waals surface area contributed by atoms with Gasteiger partial charge in [-0.25, -0.2) is 9.97 Å². The minimum absolute atomic E-state index is 0.584. The number of nitrogen functional groups attached to an aromatic ring is 1. The normalized spacial score (nSPS) is 20.3. The Morgan fingerprint density at radius 1 is 1.45 bits per heavy atom. The number of hydrogen-bond donors (Lipinski definition) is 1. The zero-order valence-electron chi connectivity index (χ0n) is 12.5. The molecule has 2 aromatic heterocycles. The van der Waals surface area contributed by atoms with Crippen molar-refractivity contribution in [1.82, 2.24) is 19.4 Å². The largest absolute Gasteiger partial charge is 0.369 e. The number of anilines is 1. The molecule has 0 aliphatic carbocycles. The van der Waals surface area contributed by atoms with Gasteiger partial charge in [0.1, 0.15) is 5.52 Å². The van der Waals surface area contributed by atoms with Crippen molar-refractivity contribution in [2.45, 2.75) is 39.8 Å². The Hall–Kier alpha value is -1.62. The van der Waals surface area contributed by atoms with E-state index in [4.69, 9.17) is 5.73 Å². The zero-order chi connectivity index (χ0) is 14.3. The predicted octanol–water partition coefficient (Wildman–Crippen LogP) is 2.05. The molecule has 2 N–H and O–H groups in total. The minimum Gasteiger partial charge on any atom is -0.369 e. The second kappa shape index (κ2) is 5.05. The first kappa shape index (κ1) is 13.4. The fourth-order valence-corrected chi connectivity index (χ4v) is 3.05. The van der Waals surface area contributed by atoms with E-state index in [-0.39, 0.29) is 0 Å². The fraction of sp³-hybridized carbons (Fsp3) is 0.600. The van der Waals surface area contributed by atoms with Gasteiger partial charge in [0.05, 0.1) is 0 Å². The van der Waals surface area contributed by atoms with Crippen LogP contribution in [-0.4, -0.2) is 38.6 Å². The van der Waals surface area contributed by atoms with Crippen molar-refractivity contribution in [3.8, 4) is 0 Å². The maximum atomic E-state index is 6.07. The molecule has 1 atom stereocenters. The summed E-state index contributed by atoms with van der Waals surface area (Å²) in [5.41, 5.74) is 9.01. The van der Waals surface area contributed by atoms with Crippen molar-refractivity contribution in [1.29, 1.82) is 0 Å². The first-order valence-electron chi connectivity index (χ1n) is 7.37. The summed E-state index contributed by atoms with van der Waals surface area (Å²) in [6, 6.07) is 2.67. The van der Waals surface area contributed by atoms with E-state index in [1.807, 2.05) is 19.2 Å². The van der Waals surface area contributed by atoms with Crippen molar-refractivity contribution >= 4 is 17.1 Å². The van der Waals surface area contributed by atoms with Crippen LogP contribution >= 0.6 is 0 Å². The molecule has 0 aromatic carbocycles. The number of nitrogens with two attached hydrogens (primary N) is 1. The SMILES string of the molecule is Cc1cnc2c(c1)nc(N)n2CC1CCN(C(C)C)C1. The molecule has 3 rings (SSSR count). The number of aromatic nitrogens is 3. The predicted molar refractivity (Wildman–Crippen MR) is 81.5 cm³/mol. The van der Waals surface area contributed by atoms with Crippen molar-refractivity contribution in [2.24, 2.45) is 5.92 Å².